The summed E-state index contributed by atoms with van der Waals surface area (Å²) in [7, 11) is -3.83. The molecule has 0 aliphatic heterocycles. The Morgan fingerprint density at radius 2 is 1.83 bits per heavy atom. The molecule has 0 unspecified atom stereocenters. The SMILES string of the molecule is CCN(CC)S(=O)(=O)c1ccc(N/N=C\c2ccc(C(=O)O)cc2)c([N+](=O)[O-])c1. The van der Waals surface area contributed by atoms with Crippen molar-refractivity contribution >= 4 is 33.6 Å². The summed E-state index contributed by atoms with van der Waals surface area (Å²) in [5.41, 5.74) is 2.80. The Balaban J connectivity index is 2.27. The molecule has 0 aliphatic carbocycles. The molecule has 0 radical (unpaired) electrons. The molecule has 0 aromatic heterocycles. The maximum Gasteiger partial charge on any atom is 0.335 e. The van der Waals surface area contributed by atoms with E-state index in [9.17, 15) is 23.3 Å². The fraction of sp³-hybridized carbons (Fsp3) is 0.222. The standard InChI is InChI=1S/C18H20N4O6S/c1-3-21(4-2)29(27,28)15-9-10-16(17(11-15)22(25)26)20-19-12-13-5-7-14(8-6-13)18(23)24/h5-12,20H,3-4H2,1-2H3,(H,23,24)/b19-12-. The maximum absolute atomic E-state index is 12.6. The highest BCUT2D eigenvalue weighted by Gasteiger charge is 2.25. The fourth-order valence-corrected chi connectivity index (χ4v) is 4.00. The minimum atomic E-state index is -3.83. The third kappa shape index (κ3) is 5.15. The molecule has 0 saturated carbocycles. The normalized spacial score (nSPS) is 11.7. The van der Waals surface area contributed by atoms with Crippen LogP contribution in [0.2, 0.25) is 0 Å². The van der Waals surface area contributed by atoms with Crippen LogP contribution in [0.1, 0.15) is 29.8 Å². The number of hydrazone groups is 1. The molecule has 10 nitrogen and oxygen atoms in total. The van der Waals surface area contributed by atoms with Crippen LogP contribution in [0.5, 0.6) is 0 Å². The molecule has 2 aromatic rings. The van der Waals surface area contributed by atoms with E-state index in [0.29, 0.717) is 5.56 Å². The van der Waals surface area contributed by atoms with Crippen LogP contribution in [0.4, 0.5) is 11.4 Å². The van der Waals surface area contributed by atoms with Gasteiger partial charge in [0.15, 0.2) is 0 Å². The molecular formula is C18H20N4O6S. The van der Waals surface area contributed by atoms with E-state index in [-0.39, 0.29) is 29.2 Å². The molecule has 0 saturated heterocycles. The third-order valence-corrected chi connectivity index (χ3v) is 6.11. The predicted molar refractivity (Wildman–Crippen MR) is 108 cm³/mol. The number of nitrogens with one attached hydrogen (secondary N) is 1. The van der Waals surface area contributed by atoms with Crippen molar-refractivity contribution in [3.8, 4) is 0 Å². The van der Waals surface area contributed by atoms with Crippen LogP contribution in [0, 0.1) is 10.1 Å². The van der Waals surface area contributed by atoms with Crippen LogP contribution in [-0.2, 0) is 10.0 Å². The summed E-state index contributed by atoms with van der Waals surface area (Å²) in [5, 5.41) is 24.2. The lowest BCUT2D eigenvalue weighted by atomic mass is 10.1. The summed E-state index contributed by atoms with van der Waals surface area (Å²) in [5.74, 6) is -1.05. The zero-order valence-electron chi connectivity index (χ0n) is 15.8. The van der Waals surface area contributed by atoms with E-state index in [4.69, 9.17) is 5.11 Å². The number of sulfonamides is 1. The van der Waals surface area contributed by atoms with E-state index in [0.717, 1.165) is 6.07 Å². The van der Waals surface area contributed by atoms with Gasteiger partial charge in [-0.3, -0.25) is 15.5 Å². The van der Waals surface area contributed by atoms with Gasteiger partial charge in [-0.25, -0.2) is 13.2 Å². The number of aromatic carboxylic acids is 1. The summed E-state index contributed by atoms with van der Waals surface area (Å²) < 4.78 is 26.3. The van der Waals surface area contributed by atoms with Crippen molar-refractivity contribution in [3.63, 3.8) is 0 Å². The largest absolute Gasteiger partial charge is 0.478 e. The summed E-state index contributed by atoms with van der Waals surface area (Å²) in [6.45, 7) is 3.86. The molecule has 0 fully saturated rings. The van der Waals surface area contributed by atoms with Crippen LogP contribution in [-0.4, -0.2) is 48.0 Å². The second-order valence-corrected chi connectivity index (χ2v) is 7.76. The average molecular weight is 420 g/mol. The Labute approximate surface area is 167 Å². The first-order valence-electron chi connectivity index (χ1n) is 8.61. The number of nitro benzene ring substituents is 1. The summed E-state index contributed by atoms with van der Waals surface area (Å²) in [6, 6.07) is 9.41. The summed E-state index contributed by atoms with van der Waals surface area (Å²) >= 11 is 0. The van der Waals surface area contributed by atoms with Crippen LogP contribution in [0.25, 0.3) is 0 Å². The highest BCUT2D eigenvalue weighted by atomic mass is 32.2. The van der Waals surface area contributed by atoms with Gasteiger partial charge >= 0.3 is 5.97 Å². The van der Waals surface area contributed by atoms with Crippen LogP contribution in [0.3, 0.4) is 0 Å². The Hall–Kier alpha value is -3.31. The predicted octanol–water partition coefficient (Wildman–Crippen LogP) is 2.77. The lowest BCUT2D eigenvalue weighted by molar-refractivity contribution is -0.384. The van der Waals surface area contributed by atoms with Gasteiger partial charge in [0.1, 0.15) is 5.69 Å². The van der Waals surface area contributed by atoms with Crippen LogP contribution in [0.15, 0.2) is 52.5 Å². The summed E-state index contributed by atoms with van der Waals surface area (Å²) in [6.07, 6.45) is 1.36. The van der Waals surface area contributed by atoms with Gasteiger partial charge in [-0.05, 0) is 29.8 Å². The van der Waals surface area contributed by atoms with Crippen molar-refractivity contribution in [2.24, 2.45) is 5.10 Å². The smallest absolute Gasteiger partial charge is 0.335 e. The number of carboxylic acids is 1. The minimum absolute atomic E-state index is 0.0203. The van der Waals surface area contributed by atoms with Crippen molar-refractivity contribution in [2.75, 3.05) is 18.5 Å². The molecule has 2 N–H and O–H groups in total. The van der Waals surface area contributed by atoms with Crippen molar-refractivity contribution in [2.45, 2.75) is 18.7 Å². The fourth-order valence-electron chi connectivity index (χ4n) is 2.52. The Morgan fingerprint density at radius 1 is 1.21 bits per heavy atom. The first kappa shape index (κ1) is 22.0. The van der Waals surface area contributed by atoms with Gasteiger partial charge in [0.2, 0.25) is 10.0 Å². The van der Waals surface area contributed by atoms with Crippen molar-refractivity contribution in [1.29, 1.82) is 0 Å². The number of carbonyl (C=O) groups is 1. The molecule has 154 valence electrons. The first-order chi connectivity index (χ1) is 13.7. The minimum Gasteiger partial charge on any atom is -0.478 e. The van der Waals surface area contributed by atoms with Crippen molar-refractivity contribution in [3.05, 3.63) is 63.7 Å². The number of hydrogen-bond acceptors (Lipinski definition) is 7. The molecule has 0 atom stereocenters. The zero-order valence-corrected chi connectivity index (χ0v) is 16.6. The molecule has 2 rings (SSSR count). The summed E-state index contributed by atoms with van der Waals surface area (Å²) in [4.78, 5) is 21.4. The maximum atomic E-state index is 12.6. The van der Waals surface area contributed by atoms with Crippen molar-refractivity contribution < 1.29 is 23.2 Å². The lowest BCUT2D eigenvalue weighted by Crippen LogP contribution is -2.30. The van der Waals surface area contributed by atoms with E-state index in [1.165, 1.54) is 46.9 Å². The van der Waals surface area contributed by atoms with E-state index in [2.05, 4.69) is 10.5 Å². The Kier molecular flexibility index (Phi) is 7.02. The topological polar surface area (TPSA) is 142 Å². The quantitative estimate of drug-likeness (QED) is 0.361. The van der Waals surface area contributed by atoms with E-state index in [1.807, 2.05) is 0 Å². The molecule has 2 aromatic carbocycles. The van der Waals surface area contributed by atoms with E-state index >= 15 is 0 Å². The number of nitro groups is 1. The number of benzene rings is 2. The second kappa shape index (κ2) is 9.26. The van der Waals surface area contributed by atoms with Gasteiger partial charge in [0, 0.05) is 19.2 Å². The van der Waals surface area contributed by atoms with Crippen LogP contribution >= 0.6 is 0 Å². The molecule has 0 aliphatic rings. The number of nitrogens with zero attached hydrogens (tertiary/aromatic N) is 3. The molecule has 0 bridgehead atoms. The van der Waals surface area contributed by atoms with Crippen molar-refractivity contribution in [1.82, 2.24) is 4.31 Å². The van der Waals surface area contributed by atoms with Gasteiger partial charge < -0.3 is 5.11 Å². The number of rotatable bonds is 9. The third-order valence-electron chi connectivity index (χ3n) is 4.07. The molecule has 29 heavy (non-hydrogen) atoms. The first-order valence-corrected chi connectivity index (χ1v) is 10.1. The van der Waals surface area contributed by atoms with Gasteiger partial charge in [-0.15, -0.1) is 0 Å². The number of hydrogen-bond donors (Lipinski definition) is 2. The van der Waals surface area contributed by atoms with Gasteiger partial charge in [0.05, 0.1) is 21.6 Å². The Morgan fingerprint density at radius 3 is 2.34 bits per heavy atom. The van der Waals surface area contributed by atoms with Gasteiger partial charge in [-0.2, -0.15) is 9.41 Å². The highest BCUT2D eigenvalue weighted by Crippen LogP contribution is 2.29. The second-order valence-electron chi connectivity index (χ2n) is 5.82. The van der Waals surface area contributed by atoms with Gasteiger partial charge in [0.25, 0.3) is 5.69 Å². The van der Waals surface area contributed by atoms with E-state index in [1.54, 1.807) is 13.8 Å². The zero-order chi connectivity index (χ0) is 21.6. The highest BCUT2D eigenvalue weighted by molar-refractivity contribution is 7.89. The average Bonchev–Trinajstić information content (AvgIpc) is 2.69. The molecular weight excluding hydrogens is 400 g/mol. The number of anilines is 1. The van der Waals surface area contributed by atoms with Crippen LogP contribution < -0.4 is 5.43 Å². The van der Waals surface area contributed by atoms with E-state index < -0.39 is 26.6 Å². The lowest BCUT2D eigenvalue weighted by Gasteiger charge is -2.18. The molecule has 11 heteroatoms. The molecule has 0 spiro atoms. The number of carboxylic acid groups (broad SMARTS) is 1. The molecule has 0 amide bonds. The Bertz CT molecular complexity index is 1030. The monoisotopic (exact) mass is 420 g/mol. The molecule has 0 heterocycles. The van der Waals surface area contributed by atoms with Gasteiger partial charge in [-0.1, -0.05) is 26.0 Å².